The highest BCUT2D eigenvalue weighted by atomic mass is 32.2. The molecule has 0 atom stereocenters. The molecule has 0 unspecified atom stereocenters. The first-order valence-corrected chi connectivity index (χ1v) is 10.1. The van der Waals surface area contributed by atoms with Gasteiger partial charge in [-0.1, -0.05) is 6.07 Å². The zero-order chi connectivity index (χ0) is 19.6. The molecule has 27 heavy (non-hydrogen) atoms. The first-order chi connectivity index (χ1) is 12.8. The number of ether oxygens (including phenoxy) is 1. The van der Waals surface area contributed by atoms with Crippen LogP contribution in [0.2, 0.25) is 0 Å². The third kappa shape index (κ3) is 4.29. The van der Waals surface area contributed by atoms with Gasteiger partial charge in [0.15, 0.2) is 0 Å². The second kappa shape index (κ2) is 7.67. The Kier molecular flexibility index (Phi) is 5.50. The number of benzene rings is 2. The third-order valence-electron chi connectivity index (χ3n) is 4.31. The van der Waals surface area contributed by atoms with E-state index in [4.69, 9.17) is 4.74 Å². The summed E-state index contributed by atoms with van der Waals surface area (Å²) in [5.41, 5.74) is 1.87. The van der Waals surface area contributed by atoms with Crippen molar-refractivity contribution in [2.75, 3.05) is 26.2 Å². The number of sulfonamides is 1. The summed E-state index contributed by atoms with van der Waals surface area (Å²) >= 11 is 0. The van der Waals surface area contributed by atoms with Crippen LogP contribution in [0.4, 0.5) is 0 Å². The Bertz CT molecular complexity index is 946. The molecule has 1 heterocycles. The SMILES string of the molecule is Cc1cc(C)cc(Oc2ccc(C(=O)O)cc2S(=O)(=O)N2CCNCC2)c1. The minimum absolute atomic E-state index is 0.100. The fourth-order valence-corrected chi connectivity index (χ4v) is 4.65. The Morgan fingerprint density at radius 3 is 2.30 bits per heavy atom. The average Bonchev–Trinajstić information content (AvgIpc) is 2.61. The molecule has 144 valence electrons. The number of piperazine rings is 1. The molecule has 8 heteroatoms. The number of nitrogens with one attached hydrogen (secondary N) is 1. The highest BCUT2D eigenvalue weighted by Crippen LogP contribution is 2.33. The molecule has 2 aromatic carbocycles. The van der Waals surface area contributed by atoms with Crippen LogP contribution in [0.3, 0.4) is 0 Å². The van der Waals surface area contributed by atoms with E-state index in [2.05, 4.69) is 5.32 Å². The molecular formula is C19H22N2O5S. The van der Waals surface area contributed by atoms with E-state index in [0.717, 1.165) is 17.2 Å². The molecule has 0 spiro atoms. The Balaban J connectivity index is 2.06. The summed E-state index contributed by atoms with van der Waals surface area (Å²) in [6.07, 6.45) is 0. The van der Waals surface area contributed by atoms with Crippen molar-refractivity contribution in [2.45, 2.75) is 18.7 Å². The maximum atomic E-state index is 13.1. The number of aryl methyl sites for hydroxylation is 2. The normalized spacial score (nSPS) is 15.5. The van der Waals surface area contributed by atoms with Crippen molar-refractivity contribution in [3.8, 4) is 11.5 Å². The van der Waals surface area contributed by atoms with Gasteiger partial charge in [-0.25, -0.2) is 13.2 Å². The molecule has 1 fully saturated rings. The number of nitrogens with zero attached hydrogens (tertiary/aromatic N) is 1. The number of hydrogen-bond donors (Lipinski definition) is 2. The highest BCUT2D eigenvalue weighted by Gasteiger charge is 2.30. The molecule has 0 aliphatic carbocycles. The first-order valence-electron chi connectivity index (χ1n) is 8.62. The fourth-order valence-electron chi connectivity index (χ4n) is 3.07. The van der Waals surface area contributed by atoms with E-state index in [0.29, 0.717) is 31.9 Å². The van der Waals surface area contributed by atoms with Crippen LogP contribution in [0.5, 0.6) is 11.5 Å². The van der Waals surface area contributed by atoms with Gasteiger partial charge >= 0.3 is 5.97 Å². The van der Waals surface area contributed by atoms with Gasteiger partial charge in [-0.3, -0.25) is 0 Å². The molecule has 3 rings (SSSR count). The van der Waals surface area contributed by atoms with Crippen molar-refractivity contribution < 1.29 is 23.1 Å². The zero-order valence-electron chi connectivity index (χ0n) is 15.2. The standard InChI is InChI=1S/C19H22N2O5S/c1-13-9-14(2)11-16(10-13)26-17-4-3-15(19(22)23)12-18(17)27(24,25)21-7-5-20-6-8-21/h3-4,9-12,20H,5-8H2,1-2H3,(H,22,23). The Morgan fingerprint density at radius 1 is 1.07 bits per heavy atom. The van der Waals surface area contributed by atoms with Gasteiger partial charge in [-0.05, 0) is 55.3 Å². The van der Waals surface area contributed by atoms with Crippen molar-refractivity contribution in [1.82, 2.24) is 9.62 Å². The van der Waals surface area contributed by atoms with Gasteiger partial charge in [0, 0.05) is 26.2 Å². The highest BCUT2D eigenvalue weighted by molar-refractivity contribution is 7.89. The zero-order valence-corrected chi connectivity index (χ0v) is 16.0. The van der Waals surface area contributed by atoms with Crippen molar-refractivity contribution in [3.05, 3.63) is 53.1 Å². The lowest BCUT2D eigenvalue weighted by atomic mass is 10.1. The van der Waals surface area contributed by atoms with Crippen LogP contribution in [0, 0.1) is 13.8 Å². The number of carboxylic acids is 1. The average molecular weight is 390 g/mol. The predicted molar refractivity (Wildman–Crippen MR) is 101 cm³/mol. The quantitative estimate of drug-likeness (QED) is 0.814. The smallest absolute Gasteiger partial charge is 0.335 e. The Morgan fingerprint density at radius 2 is 1.70 bits per heavy atom. The monoisotopic (exact) mass is 390 g/mol. The minimum Gasteiger partial charge on any atom is -0.478 e. The molecular weight excluding hydrogens is 368 g/mol. The maximum absolute atomic E-state index is 13.1. The minimum atomic E-state index is -3.88. The number of hydrogen-bond acceptors (Lipinski definition) is 5. The Hall–Kier alpha value is -2.42. The molecule has 0 aromatic heterocycles. The summed E-state index contributed by atoms with van der Waals surface area (Å²) in [5, 5.41) is 12.4. The van der Waals surface area contributed by atoms with Crippen LogP contribution in [-0.2, 0) is 10.0 Å². The van der Waals surface area contributed by atoms with Gasteiger partial charge in [0.25, 0.3) is 0 Å². The molecule has 1 aliphatic heterocycles. The molecule has 1 saturated heterocycles. The van der Waals surface area contributed by atoms with Gasteiger partial charge in [0.1, 0.15) is 16.4 Å². The van der Waals surface area contributed by atoms with Crippen LogP contribution >= 0.6 is 0 Å². The summed E-state index contributed by atoms with van der Waals surface area (Å²) < 4.78 is 33.5. The topological polar surface area (TPSA) is 95.9 Å². The van der Waals surface area contributed by atoms with Gasteiger partial charge in [-0.15, -0.1) is 0 Å². The van der Waals surface area contributed by atoms with E-state index >= 15 is 0 Å². The van der Waals surface area contributed by atoms with Crippen molar-refractivity contribution in [2.24, 2.45) is 0 Å². The second-order valence-corrected chi connectivity index (χ2v) is 8.45. The van der Waals surface area contributed by atoms with Crippen LogP contribution in [-0.4, -0.2) is 50.0 Å². The third-order valence-corrected chi connectivity index (χ3v) is 6.23. The van der Waals surface area contributed by atoms with E-state index in [1.54, 1.807) is 12.1 Å². The molecule has 0 bridgehead atoms. The summed E-state index contributed by atoms with van der Waals surface area (Å²) in [6, 6.07) is 9.50. The molecule has 2 N–H and O–H groups in total. The predicted octanol–water partition coefficient (Wildman–Crippen LogP) is 2.39. The van der Waals surface area contributed by atoms with E-state index < -0.39 is 16.0 Å². The number of aromatic carboxylic acids is 1. The second-order valence-electron chi connectivity index (χ2n) is 6.55. The van der Waals surface area contributed by atoms with Crippen molar-refractivity contribution in [3.63, 3.8) is 0 Å². The van der Waals surface area contributed by atoms with Gasteiger partial charge in [0.05, 0.1) is 5.56 Å². The summed E-state index contributed by atoms with van der Waals surface area (Å²) in [4.78, 5) is 11.2. The van der Waals surface area contributed by atoms with Crippen molar-refractivity contribution in [1.29, 1.82) is 0 Å². The first kappa shape index (κ1) is 19.3. The van der Waals surface area contributed by atoms with E-state index in [9.17, 15) is 18.3 Å². The molecule has 7 nitrogen and oxygen atoms in total. The lowest BCUT2D eigenvalue weighted by molar-refractivity contribution is 0.0696. The molecule has 0 saturated carbocycles. The molecule has 2 aromatic rings. The maximum Gasteiger partial charge on any atom is 0.335 e. The lowest BCUT2D eigenvalue weighted by Crippen LogP contribution is -2.46. The van der Waals surface area contributed by atoms with E-state index in [-0.39, 0.29) is 16.2 Å². The Labute approximate surface area is 158 Å². The summed E-state index contributed by atoms with van der Waals surface area (Å²) in [7, 11) is -3.88. The number of carbonyl (C=O) groups is 1. The van der Waals surface area contributed by atoms with Crippen molar-refractivity contribution >= 4 is 16.0 Å². The molecule has 1 aliphatic rings. The van der Waals surface area contributed by atoms with Gasteiger partial charge < -0.3 is 15.2 Å². The lowest BCUT2D eigenvalue weighted by Gasteiger charge is -2.27. The number of rotatable bonds is 5. The molecule has 0 radical (unpaired) electrons. The summed E-state index contributed by atoms with van der Waals surface area (Å²) in [5.74, 6) is -0.569. The number of carboxylic acid groups (broad SMARTS) is 1. The van der Waals surface area contributed by atoms with Crippen LogP contribution in [0.15, 0.2) is 41.3 Å². The van der Waals surface area contributed by atoms with Crippen LogP contribution < -0.4 is 10.1 Å². The van der Waals surface area contributed by atoms with E-state index in [1.165, 1.54) is 16.4 Å². The van der Waals surface area contributed by atoms with Gasteiger partial charge in [0.2, 0.25) is 10.0 Å². The fraction of sp³-hybridized carbons (Fsp3) is 0.316. The molecule has 0 amide bonds. The van der Waals surface area contributed by atoms with Crippen LogP contribution in [0.1, 0.15) is 21.5 Å². The van der Waals surface area contributed by atoms with Crippen LogP contribution in [0.25, 0.3) is 0 Å². The largest absolute Gasteiger partial charge is 0.478 e. The van der Waals surface area contributed by atoms with Gasteiger partial charge in [-0.2, -0.15) is 4.31 Å². The summed E-state index contributed by atoms with van der Waals surface area (Å²) in [6.45, 7) is 5.58. The van der Waals surface area contributed by atoms with E-state index in [1.807, 2.05) is 19.9 Å².